The molecule has 0 radical (unpaired) electrons. The molecule has 0 spiro atoms. The zero-order valence-corrected chi connectivity index (χ0v) is 11.4. The van der Waals surface area contributed by atoms with Crippen molar-refractivity contribution in [1.82, 2.24) is 10.3 Å². The smallest absolute Gasteiger partial charge is 0.252 e. The Bertz CT molecular complexity index is 389. The van der Waals surface area contributed by atoms with Crippen molar-refractivity contribution in [2.45, 2.75) is 32.1 Å². The average Bonchev–Trinajstić information content (AvgIpc) is 2.82. The lowest BCUT2D eigenvalue weighted by molar-refractivity contribution is 0.0951. The van der Waals surface area contributed by atoms with Gasteiger partial charge in [0.1, 0.15) is 0 Å². The zero-order valence-electron chi connectivity index (χ0n) is 9.79. The van der Waals surface area contributed by atoms with Gasteiger partial charge in [-0.2, -0.15) is 0 Å². The van der Waals surface area contributed by atoms with E-state index >= 15 is 0 Å². The minimum atomic E-state index is -0.0307. The molecule has 1 aromatic heterocycles. The van der Waals surface area contributed by atoms with E-state index in [1.54, 1.807) is 18.5 Å². The van der Waals surface area contributed by atoms with Crippen LogP contribution in [-0.4, -0.2) is 17.4 Å². The second-order valence-electron chi connectivity index (χ2n) is 4.59. The van der Waals surface area contributed by atoms with E-state index in [1.165, 1.54) is 25.7 Å². The number of amides is 1. The Morgan fingerprint density at radius 2 is 2.18 bits per heavy atom. The number of rotatable bonds is 4. The van der Waals surface area contributed by atoms with Crippen LogP contribution in [0.15, 0.2) is 22.9 Å². The van der Waals surface area contributed by atoms with Crippen molar-refractivity contribution in [3.63, 3.8) is 0 Å². The van der Waals surface area contributed by atoms with Crippen molar-refractivity contribution < 1.29 is 4.79 Å². The number of aromatic nitrogens is 1. The van der Waals surface area contributed by atoms with Crippen molar-refractivity contribution in [3.05, 3.63) is 28.5 Å². The first-order valence-electron chi connectivity index (χ1n) is 6.14. The molecule has 1 saturated carbocycles. The average molecular weight is 297 g/mol. The lowest BCUT2D eigenvalue weighted by Crippen LogP contribution is -2.25. The predicted molar refractivity (Wildman–Crippen MR) is 70.8 cm³/mol. The van der Waals surface area contributed by atoms with Crippen LogP contribution in [0, 0.1) is 5.92 Å². The molecule has 2 rings (SSSR count). The van der Waals surface area contributed by atoms with Crippen molar-refractivity contribution in [2.24, 2.45) is 5.92 Å². The van der Waals surface area contributed by atoms with Gasteiger partial charge in [-0.3, -0.25) is 9.78 Å². The lowest BCUT2D eigenvalue weighted by Gasteiger charge is -2.09. The van der Waals surface area contributed by atoms with Crippen LogP contribution in [-0.2, 0) is 0 Å². The second kappa shape index (κ2) is 6.15. The fourth-order valence-corrected chi connectivity index (χ4v) is 2.69. The monoisotopic (exact) mass is 296 g/mol. The Kier molecular flexibility index (Phi) is 4.54. The molecule has 1 amide bonds. The quantitative estimate of drug-likeness (QED) is 0.927. The molecule has 0 bridgehead atoms. The molecule has 0 saturated heterocycles. The summed E-state index contributed by atoms with van der Waals surface area (Å²) in [4.78, 5) is 15.8. The molecule has 1 heterocycles. The number of nitrogens with zero attached hydrogens (tertiary/aromatic N) is 1. The Morgan fingerprint density at radius 3 is 2.88 bits per heavy atom. The van der Waals surface area contributed by atoms with Crippen molar-refractivity contribution in [3.8, 4) is 0 Å². The maximum Gasteiger partial charge on any atom is 0.252 e. The first kappa shape index (κ1) is 12.6. The maximum absolute atomic E-state index is 11.8. The molecular weight excluding hydrogens is 280 g/mol. The number of carbonyl (C=O) groups is 1. The van der Waals surface area contributed by atoms with Gasteiger partial charge >= 0.3 is 0 Å². The van der Waals surface area contributed by atoms with Crippen molar-refractivity contribution in [1.29, 1.82) is 0 Å². The summed E-state index contributed by atoms with van der Waals surface area (Å²) >= 11 is 3.31. The largest absolute Gasteiger partial charge is 0.352 e. The van der Waals surface area contributed by atoms with Crippen molar-refractivity contribution >= 4 is 21.8 Å². The third kappa shape index (κ3) is 3.80. The number of pyridine rings is 1. The van der Waals surface area contributed by atoms with Crippen LogP contribution in [0.25, 0.3) is 0 Å². The van der Waals surface area contributed by atoms with Gasteiger partial charge in [0.05, 0.1) is 5.56 Å². The minimum absolute atomic E-state index is 0.0307. The van der Waals surface area contributed by atoms with E-state index < -0.39 is 0 Å². The molecule has 1 fully saturated rings. The molecule has 1 aliphatic carbocycles. The molecule has 1 aromatic rings. The molecule has 92 valence electrons. The lowest BCUT2D eigenvalue weighted by atomic mass is 10.0. The molecule has 0 unspecified atom stereocenters. The summed E-state index contributed by atoms with van der Waals surface area (Å²) in [5, 5.41) is 2.95. The van der Waals surface area contributed by atoms with Crippen LogP contribution >= 0.6 is 15.9 Å². The molecule has 4 heteroatoms. The number of carbonyl (C=O) groups excluding carboxylic acids is 1. The van der Waals surface area contributed by atoms with Gasteiger partial charge in [-0.25, -0.2) is 0 Å². The third-order valence-corrected chi connectivity index (χ3v) is 3.71. The van der Waals surface area contributed by atoms with Crippen LogP contribution in [0.2, 0.25) is 0 Å². The second-order valence-corrected chi connectivity index (χ2v) is 5.50. The molecule has 0 aromatic carbocycles. The third-order valence-electron chi connectivity index (χ3n) is 3.28. The first-order chi connectivity index (χ1) is 8.25. The highest BCUT2D eigenvalue weighted by Gasteiger charge is 2.15. The van der Waals surface area contributed by atoms with Crippen LogP contribution in [0.3, 0.4) is 0 Å². The van der Waals surface area contributed by atoms with E-state index in [1.807, 2.05) is 0 Å². The number of hydrogen-bond donors (Lipinski definition) is 1. The summed E-state index contributed by atoms with van der Waals surface area (Å²) in [6, 6.07) is 1.79. The Balaban J connectivity index is 1.77. The molecule has 0 aliphatic heterocycles. The highest BCUT2D eigenvalue weighted by molar-refractivity contribution is 9.10. The topological polar surface area (TPSA) is 42.0 Å². The Hall–Kier alpha value is -0.900. The fourth-order valence-electron chi connectivity index (χ4n) is 2.33. The van der Waals surface area contributed by atoms with E-state index in [9.17, 15) is 4.79 Å². The summed E-state index contributed by atoms with van der Waals surface area (Å²) in [5.74, 6) is 0.785. The van der Waals surface area contributed by atoms with Gasteiger partial charge in [0.25, 0.3) is 5.91 Å². The molecule has 0 atom stereocenters. The van der Waals surface area contributed by atoms with E-state index in [0.717, 1.165) is 23.4 Å². The van der Waals surface area contributed by atoms with Gasteiger partial charge in [-0.1, -0.05) is 25.7 Å². The van der Waals surface area contributed by atoms with E-state index in [4.69, 9.17) is 0 Å². The summed E-state index contributed by atoms with van der Waals surface area (Å²) in [7, 11) is 0. The SMILES string of the molecule is O=C(NCCC1CCCC1)c1cncc(Br)c1. The highest BCUT2D eigenvalue weighted by atomic mass is 79.9. The van der Waals surface area contributed by atoms with Crippen molar-refractivity contribution in [2.75, 3.05) is 6.54 Å². The Morgan fingerprint density at radius 1 is 1.41 bits per heavy atom. The van der Waals surface area contributed by atoms with Gasteiger partial charge in [0, 0.05) is 23.4 Å². The molecule has 17 heavy (non-hydrogen) atoms. The fraction of sp³-hybridized carbons (Fsp3) is 0.538. The number of halogens is 1. The van der Waals surface area contributed by atoms with Crippen LogP contribution < -0.4 is 5.32 Å². The summed E-state index contributed by atoms with van der Waals surface area (Å²) < 4.78 is 0.834. The van der Waals surface area contributed by atoms with Crippen LogP contribution in [0.5, 0.6) is 0 Å². The normalized spacial score (nSPS) is 16.1. The maximum atomic E-state index is 11.8. The van der Waals surface area contributed by atoms with Gasteiger partial charge in [0.15, 0.2) is 0 Å². The van der Waals surface area contributed by atoms with Gasteiger partial charge in [-0.05, 0) is 34.3 Å². The zero-order chi connectivity index (χ0) is 12.1. The molecule has 3 nitrogen and oxygen atoms in total. The molecular formula is C13H17BrN2O. The number of nitrogens with one attached hydrogen (secondary N) is 1. The van der Waals surface area contributed by atoms with E-state index in [2.05, 4.69) is 26.2 Å². The van der Waals surface area contributed by atoms with Crippen LogP contribution in [0.4, 0.5) is 0 Å². The summed E-state index contributed by atoms with van der Waals surface area (Å²) in [6.45, 7) is 0.774. The number of hydrogen-bond acceptors (Lipinski definition) is 2. The van der Waals surface area contributed by atoms with Gasteiger partial charge < -0.3 is 5.32 Å². The van der Waals surface area contributed by atoms with Gasteiger partial charge in [0.2, 0.25) is 0 Å². The van der Waals surface area contributed by atoms with Crippen LogP contribution in [0.1, 0.15) is 42.5 Å². The van der Waals surface area contributed by atoms with E-state index in [-0.39, 0.29) is 5.91 Å². The first-order valence-corrected chi connectivity index (χ1v) is 6.94. The molecule has 1 aliphatic rings. The predicted octanol–water partition coefficient (Wildman–Crippen LogP) is 3.15. The Labute approximate surface area is 110 Å². The summed E-state index contributed by atoms with van der Waals surface area (Å²) in [5.41, 5.74) is 0.616. The summed E-state index contributed by atoms with van der Waals surface area (Å²) in [6.07, 6.45) is 9.74. The van der Waals surface area contributed by atoms with E-state index in [0.29, 0.717) is 5.56 Å². The standard InChI is InChI=1S/C13H17BrN2O/c14-12-7-11(8-15-9-12)13(17)16-6-5-10-3-1-2-4-10/h7-10H,1-6H2,(H,16,17). The minimum Gasteiger partial charge on any atom is -0.352 e. The van der Waals surface area contributed by atoms with Gasteiger partial charge in [-0.15, -0.1) is 0 Å². The molecule has 1 N–H and O–H groups in total. The highest BCUT2D eigenvalue weighted by Crippen LogP contribution is 2.26.